The molecule has 8 heteroatoms. The third-order valence-corrected chi connectivity index (χ3v) is 5.41. The highest BCUT2D eigenvalue weighted by atomic mass is 35.5. The van der Waals surface area contributed by atoms with E-state index in [1.165, 1.54) is 6.07 Å². The zero-order chi connectivity index (χ0) is 20.7. The molecule has 0 radical (unpaired) electrons. The number of ether oxygens (including phenoxy) is 1. The number of carboxylic acids is 1. The number of aliphatic hydroxyl groups is 1. The van der Waals surface area contributed by atoms with Crippen molar-refractivity contribution in [3.8, 4) is 0 Å². The van der Waals surface area contributed by atoms with Crippen LogP contribution in [0.5, 0.6) is 0 Å². The van der Waals surface area contributed by atoms with Crippen molar-refractivity contribution in [3.05, 3.63) is 47.5 Å². The molecule has 1 saturated carbocycles. The zero-order valence-corrected chi connectivity index (χ0v) is 16.0. The molecule has 0 saturated heterocycles. The van der Waals surface area contributed by atoms with Gasteiger partial charge in [0.25, 0.3) is 0 Å². The van der Waals surface area contributed by atoms with Gasteiger partial charge >= 0.3 is 12.1 Å². The zero-order valence-electron chi connectivity index (χ0n) is 15.2. The van der Waals surface area contributed by atoms with Crippen molar-refractivity contribution in [2.45, 2.75) is 49.9 Å². The Balaban J connectivity index is 1.87. The molecule has 1 aromatic carbocycles. The average molecular weight is 421 g/mol. The Morgan fingerprint density at radius 1 is 1.29 bits per heavy atom. The maximum absolute atomic E-state index is 12.8. The molecule has 1 aliphatic carbocycles. The molecule has 4 nitrogen and oxygen atoms in total. The Hall–Kier alpha value is -1.57. The van der Waals surface area contributed by atoms with E-state index in [9.17, 15) is 23.1 Å². The minimum absolute atomic E-state index is 0.0151. The molecular weight excluding hydrogens is 397 g/mol. The molecule has 0 aromatic heterocycles. The fraction of sp³-hybridized carbons (Fsp3) is 0.550. The predicted molar refractivity (Wildman–Crippen MR) is 99.0 cm³/mol. The van der Waals surface area contributed by atoms with E-state index < -0.39 is 23.8 Å². The topological polar surface area (TPSA) is 66.8 Å². The first-order valence-electron chi connectivity index (χ1n) is 9.11. The van der Waals surface area contributed by atoms with Crippen molar-refractivity contribution in [3.63, 3.8) is 0 Å². The number of aliphatic hydroxyl groups excluding tert-OH is 1. The number of benzene rings is 1. The van der Waals surface area contributed by atoms with E-state index in [-0.39, 0.29) is 36.8 Å². The Bertz CT molecular complexity index is 678. The van der Waals surface area contributed by atoms with Crippen LogP contribution in [0.15, 0.2) is 36.4 Å². The number of carboxylic acid groups (broad SMARTS) is 1. The molecule has 156 valence electrons. The van der Waals surface area contributed by atoms with Gasteiger partial charge in [-0.05, 0) is 42.9 Å². The third-order valence-electron chi connectivity index (χ3n) is 4.91. The van der Waals surface area contributed by atoms with Gasteiger partial charge in [0.15, 0.2) is 0 Å². The quantitative estimate of drug-likeness (QED) is 0.451. The van der Waals surface area contributed by atoms with Crippen molar-refractivity contribution in [2.75, 3.05) is 6.61 Å². The van der Waals surface area contributed by atoms with Crippen LogP contribution in [-0.2, 0) is 22.3 Å². The summed E-state index contributed by atoms with van der Waals surface area (Å²) in [6, 6.07) is 4.96. The first kappa shape index (κ1) is 22.7. The molecule has 0 spiro atoms. The molecule has 2 N–H and O–H groups in total. The number of carbonyl (C=O) groups is 1. The van der Waals surface area contributed by atoms with E-state index in [1.54, 1.807) is 12.1 Å². The molecule has 0 heterocycles. The normalized spacial score (nSPS) is 25.5. The Morgan fingerprint density at radius 3 is 2.71 bits per heavy atom. The van der Waals surface area contributed by atoms with Gasteiger partial charge in [-0.1, -0.05) is 24.3 Å². The summed E-state index contributed by atoms with van der Waals surface area (Å²) < 4.78 is 43.9. The van der Waals surface area contributed by atoms with Crippen LogP contribution in [0.25, 0.3) is 0 Å². The first-order chi connectivity index (χ1) is 13.2. The van der Waals surface area contributed by atoms with Crippen LogP contribution in [0.1, 0.15) is 36.8 Å². The van der Waals surface area contributed by atoms with E-state index in [1.807, 2.05) is 6.08 Å². The second-order valence-electron chi connectivity index (χ2n) is 7.00. The summed E-state index contributed by atoms with van der Waals surface area (Å²) in [6.45, 7) is 0.204. The molecule has 1 fully saturated rings. The third kappa shape index (κ3) is 6.79. The van der Waals surface area contributed by atoms with Crippen molar-refractivity contribution in [1.29, 1.82) is 0 Å². The lowest BCUT2D eigenvalue weighted by atomic mass is 9.92. The van der Waals surface area contributed by atoms with Crippen LogP contribution >= 0.6 is 11.6 Å². The van der Waals surface area contributed by atoms with Crippen LogP contribution < -0.4 is 0 Å². The summed E-state index contributed by atoms with van der Waals surface area (Å²) in [5.74, 6) is -1.13. The van der Waals surface area contributed by atoms with Crippen LogP contribution in [0, 0.1) is 11.8 Å². The molecule has 28 heavy (non-hydrogen) atoms. The smallest absolute Gasteiger partial charge is 0.416 e. The lowest BCUT2D eigenvalue weighted by Gasteiger charge is -2.22. The molecular formula is C20H24ClF3O4. The standard InChI is InChI=1S/C20H24ClF3O4/c21-17-10-18(25)16(15(17)7-2-1-3-8-19(26)27)12-28-11-13-5-4-6-14(9-13)20(22,23)24/h1-2,4-6,9,15-18,25H,3,7-8,10-12H2,(H,26,27)/b2-1+/t15-,16-,17-,18-/m1/s1. The van der Waals surface area contributed by atoms with Gasteiger partial charge in [0, 0.05) is 17.7 Å². The highest BCUT2D eigenvalue weighted by molar-refractivity contribution is 6.21. The van der Waals surface area contributed by atoms with Crippen molar-refractivity contribution >= 4 is 17.6 Å². The molecule has 2 rings (SSSR count). The number of hydrogen-bond acceptors (Lipinski definition) is 3. The minimum Gasteiger partial charge on any atom is -0.481 e. The lowest BCUT2D eigenvalue weighted by molar-refractivity contribution is -0.138. The van der Waals surface area contributed by atoms with Gasteiger partial charge in [0.2, 0.25) is 0 Å². The molecule has 0 amide bonds. The van der Waals surface area contributed by atoms with Crippen LogP contribution in [0.3, 0.4) is 0 Å². The highest BCUT2D eigenvalue weighted by Gasteiger charge is 2.40. The molecule has 0 unspecified atom stereocenters. The van der Waals surface area contributed by atoms with E-state index in [4.69, 9.17) is 21.4 Å². The van der Waals surface area contributed by atoms with E-state index in [0.29, 0.717) is 24.8 Å². The van der Waals surface area contributed by atoms with Crippen molar-refractivity contribution in [2.24, 2.45) is 11.8 Å². The fourth-order valence-electron chi connectivity index (χ4n) is 3.42. The molecule has 0 bridgehead atoms. The highest BCUT2D eigenvalue weighted by Crippen LogP contribution is 2.39. The Labute approximate surface area is 167 Å². The number of rotatable bonds is 9. The Morgan fingerprint density at radius 2 is 2.04 bits per heavy atom. The van der Waals surface area contributed by atoms with Gasteiger partial charge < -0.3 is 14.9 Å². The summed E-state index contributed by atoms with van der Waals surface area (Å²) in [5.41, 5.74) is -0.311. The number of aliphatic carboxylic acids is 1. The Kier molecular flexibility index (Phi) is 8.34. The average Bonchev–Trinajstić information content (AvgIpc) is 2.87. The van der Waals surface area contributed by atoms with Gasteiger partial charge in [-0.15, -0.1) is 11.6 Å². The number of halogens is 4. The molecule has 1 aromatic rings. The van der Waals surface area contributed by atoms with Gasteiger partial charge in [-0.3, -0.25) is 4.79 Å². The van der Waals surface area contributed by atoms with Gasteiger partial charge in [-0.25, -0.2) is 0 Å². The van der Waals surface area contributed by atoms with Crippen LogP contribution in [0.2, 0.25) is 0 Å². The van der Waals surface area contributed by atoms with Crippen molar-refractivity contribution < 1.29 is 32.9 Å². The number of allylic oxidation sites excluding steroid dienone is 2. The predicted octanol–water partition coefficient (Wildman–Crippen LogP) is 4.64. The number of hydrogen-bond donors (Lipinski definition) is 2. The van der Waals surface area contributed by atoms with Gasteiger partial charge in [-0.2, -0.15) is 13.2 Å². The van der Waals surface area contributed by atoms with Crippen LogP contribution in [0.4, 0.5) is 13.2 Å². The minimum atomic E-state index is -4.40. The second kappa shape index (κ2) is 10.3. The summed E-state index contributed by atoms with van der Waals surface area (Å²) >= 11 is 6.33. The maximum atomic E-state index is 12.8. The molecule has 4 atom stereocenters. The monoisotopic (exact) mass is 420 g/mol. The summed E-state index contributed by atoms with van der Waals surface area (Å²) in [5, 5.41) is 18.6. The second-order valence-corrected chi connectivity index (χ2v) is 7.56. The van der Waals surface area contributed by atoms with E-state index in [2.05, 4.69) is 0 Å². The van der Waals surface area contributed by atoms with E-state index >= 15 is 0 Å². The van der Waals surface area contributed by atoms with Crippen molar-refractivity contribution in [1.82, 2.24) is 0 Å². The molecule has 1 aliphatic rings. The van der Waals surface area contributed by atoms with Gasteiger partial charge in [0.1, 0.15) is 0 Å². The van der Waals surface area contributed by atoms with Crippen LogP contribution in [-0.4, -0.2) is 34.3 Å². The maximum Gasteiger partial charge on any atom is 0.416 e. The van der Waals surface area contributed by atoms with Gasteiger partial charge in [0.05, 0.1) is 24.9 Å². The van der Waals surface area contributed by atoms with E-state index in [0.717, 1.165) is 12.1 Å². The molecule has 0 aliphatic heterocycles. The summed E-state index contributed by atoms with van der Waals surface area (Å²) in [6.07, 6.45) is 0.0911. The lowest BCUT2D eigenvalue weighted by Crippen LogP contribution is -2.25. The summed E-state index contributed by atoms with van der Waals surface area (Å²) in [7, 11) is 0. The summed E-state index contributed by atoms with van der Waals surface area (Å²) in [4.78, 5) is 10.5. The SMILES string of the molecule is O=C(O)CC/C=C/C[C@@H]1[C@@H](COCc2cccc(C(F)(F)F)c2)[C@H](O)C[C@H]1Cl. The fourth-order valence-corrected chi connectivity index (χ4v) is 3.89. The largest absolute Gasteiger partial charge is 0.481 e. The first-order valence-corrected chi connectivity index (χ1v) is 9.55. The number of alkyl halides is 4.